The molecule has 0 N–H and O–H groups in total. The number of hydrogen-bond donors (Lipinski definition) is 0. The molecule has 0 spiro atoms. The second-order valence-electron chi connectivity index (χ2n) is 12.2. The van der Waals surface area contributed by atoms with E-state index in [1.54, 1.807) is 0 Å². The molecule has 3 fully saturated rings. The molecule has 3 aliphatic heterocycles. The Morgan fingerprint density at radius 1 is 0.711 bits per heavy atom. The second kappa shape index (κ2) is 12.5. The minimum atomic E-state index is -1.89. The van der Waals surface area contributed by atoms with Gasteiger partial charge in [-0.1, -0.05) is 84.1 Å². The maximum absolute atomic E-state index is 7.46. The Morgan fingerprint density at radius 2 is 1.21 bits per heavy atom. The molecule has 4 atom stereocenters. The van der Waals surface area contributed by atoms with Crippen molar-refractivity contribution in [2.24, 2.45) is 5.92 Å². The smallest absolute Gasteiger partial charge is 0.138 e. The monoisotopic (exact) mass is 564 g/mol. The molecule has 0 bridgehead atoms. The van der Waals surface area contributed by atoms with Crippen molar-refractivity contribution in [3.8, 4) is 0 Å². The number of benzene rings is 2. The molecule has 5 rings (SSSR count). The van der Waals surface area contributed by atoms with E-state index in [9.17, 15) is 0 Å². The molecule has 0 aliphatic carbocycles. The third-order valence-corrected chi connectivity index (χ3v) is 18.3. The molecule has 0 aromatic heterocycles. The first-order valence-corrected chi connectivity index (χ1v) is 21.3. The topological polar surface area (TPSA) is 27.7 Å². The van der Waals surface area contributed by atoms with Gasteiger partial charge >= 0.3 is 0 Å². The SMILES string of the molecule is C=C[SiH2]C1(C(C2([SiH](C)C)CCCCO2)C2([SiH](c3ccccc3)c3ccccc3)CCCCO2)CCCCO1. The molecule has 2 aromatic rings. The second-order valence-corrected chi connectivity index (χ2v) is 20.9. The van der Waals surface area contributed by atoms with Crippen molar-refractivity contribution in [1.82, 2.24) is 0 Å². The molecule has 2 aromatic carbocycles. The third kappa shape index (κ3) is 5.25. The highest BCUT2D eigenvalue weighted by Crippen LogP contribution is 2.54. The normalized spacial score (nSPS) is 31.6. The summed E-state index contributed by atoms with van der Waals surface area (Å²) in [5.41, 5.74) is 2.27. The summed E-state index contributed by atoms with van der Waals surface area (Å²) in [6.07, 6.45) is 10.6. The van der Waals surface area contributed by atoms with E-state index >= 15 is 0 Å². The van der Waals surface area contributed by atoms with Crippen LogP contribution in [0.15, 0.2) is 72.9 Å². The molecular formula is C32H48O3Si3. The van der Waals surface area contributed by atoms with Crippen molar-refractivity contribution >= 4 is 37.5 Å². The molecule has 0 saturated carbocycles. The van der Waals surface area contributed by atoms with E-state index in [1.807, 2.05) is 0 Å². The fraction of sp³-hybridized carbons (Fsp3) is 0.562. The minimum Gasteiger partial charge on any atom is -0.378 e. The Bertz CT molecular complexity index is 971. The van der Waals surface area contributed by atoms with Crippen molar-refractivity contribution in [3.63, 3.8) is 0 Å². The fourth-order valence-corrected chi connectivity index (χ4v) is 18.0. The van der Waals surface area contributed by atoms with Gasteiger partial charge in [-0.3, -0.25) is 0 Å². The molecule has 3 aliphatic rings. The van der Waals surface area contributed by atoms with Gasteiger partial charge in [0.15, 0.2) is 0 Å². The van der Waals surface area contributed by atoms with Gasteiger partial charge in [-0.25, -0.2) is 0 Å². The predicted octanol–water partition coefficient (Wildman–Crippen LogP) is 4.30. The first-order chi connectivity index (χ1) is 18.6. The summed E-state index contributed by atoms with van der Waals surface area (Å²) >= 11 is 0. The maximum Gasteiger partial charge on any atom is 0.138 e. The van der Waals surface area contributed by atoms with E-state index in [1.165, 1.54) is 42.5 Å². The van der Waals surface area contributed by atoms with Gasteiger partial charge in [0.25, 0.3) is 0 Å². The first kappa shape index (κ1) is 28.2. The molecule has 0 radical (unpaired) electrons. The van der Waals surface area contributed by atoms with Gasteiger partial charge in [-0.2, -0.15) is 0 Å². The van der Waals surface area contributed by atoms with Crippen LogP contribution < -0.4 is 10.4 Å². The lowest BCUT2D eigenvalue weighted by Gasteiger charge is -2.63. The largest absolute Gasteiger partial charge is 0.378 e. The van der Waals surface area contributed by atoms with Gasteiger partial charge in [0.1, 0.15) is 8.80 Å². The van der Waals surface area contributed by atoms with Crippen molar-refractivity contribution in [3.05, 3.63) is 72.9 Å². The van der Waals surface area contributed by atoms with Gasteiger partial charge in [0.05, 0.1) is 34.0 Å². The summed E-state index contributed by atoms with van der Waals surface area (Å²) < 4.78 is 21.9. The van der Waals surface area contributed by atoms with E-state index < -0.39 is 27.1 Å². The van der Waals surface area contributed by atoms with E-state index in [-0.39, 0.29) is 21.6 Å². The van der Waals surface area contributed by atoms with Gasteiger partial charge in [-0.15, -0.1) is 12.3 Å². The molecule has 0 amide bonds. The van der Waals surface area contributed by atoms with E-state index in [0.29, 0.717) is 0 Å². The molecule has 206 valence electrons. The molecule has 3 saturated heterocycles. The van der Waals surface area contributed by atoms with Crippen LogP contribution in [0.4, 0.5) is 0 Å². The van der Waals surface area contributed by atoms with Crippen LogP contribution in [-0.2, 0) is 14.2 Å². The lowest BCUT2D eigenvalue weighted by Crippen LogP contribution is -2.78. The Hall–Kier alpha value is -1.29. The van der Waals surface area contributed by atoms with E-state index in [4.69, 9.17) is 14.2 Å². The highest BCUT2D eigenvalue weighted by molar-refractivity contribution is 6.87. The predicted molar refractivity (Wildman–Crippen MR) is 168 cm³/mol. The number of ether oxygens (including phenoxy) is 3. The summed E-state index contributed by atoms with van der Waals surface area (Å²) in [6.45, 7) is 12.0. The Labute approximate surface area is 236 Å². The van der Waals surface area contributed by atoms with Crippen LogP contribution in [0.1, 0.15) is 57.8 Å². The van der Waals surface area contributed by atoms with Crippen LogP contribution in [0.2, 0.25) is 13.1 Å². The van der Waals surface area contributed by atoms with Gasteiger partial charge in [0, 0.05) is 25.7 Å². The summed E-state index contributed by atoms with van der Waals surface area (Å²) in [5.74, 6) is 0.261. The standard InChI is InChI=1S/C32H48O3Si3/c1-4-36-30(21-11-14-24-33-30)29(31(37(2)3)22-12-15-25-34-31)32(23-13-16-26-35-32)38(27-17-7-5-8-18-27)28-19-9-6-10-20-28/h4-10,17-20,29,37-38H,1,11-16,21-26,36H2,2-3H3. The lowest BCUT2D eigenvalue weighted by molar-refractivity contribution is -0.205. The average molecular weight is 565 g/mol. The van der Waals surface area contributed by atoms with Crippen LogP contribution >= 0.6 is 0 Å². The van der Waals surface area contributed by atoms with Gasteiger partial charge < -0.3 is 14.2 Å². The van der Waals surface area contributed by atoms with Crippen molar-refractivity contribution in [2.45, 2.75) is 86.6 Å². The van der Waals surface area contributed by atoms with Crippen LogP contribution in [-0.4, -0.2) is 62.6 Å². The highest BCUT2D eigenvalue weighted by Gasteiger charge is 2.66. The lowest BCUT2D eigenvalue weighted by atomic mass is 9.78. The zero-order chi connectivity index (χ0) is 26.5. The summed E-state index contributed by atoms with van der Waals surface area (Å²) in [7, 11) is -3.93. The average Bonchev–Trinajstić information content (AvgIpc) is 2.96. The van der Waals surface area contributed by atoms with Crippen LogP contribution in [0.3, 0.4) is 0 Å². The van der Waals surface area contributed by atoms with Crippen molar-refractivity contribution < 1.29 is 14.2 Å². The quantitative estimate of drug-likeness (QED) is 0.425. The number of hydrogen-bond acceptors (Lipinski definition) is 3. The molecular weight excluding hydrogens is 517 g/mol. The van der Waals surface area contributed by atoms with Crippen LogP contribution in [0.5, 0.6) is 0 Å². The van der Waals surface area contributed by atoms with Crippen LogP contribution in [0.25, 0.3) is 0 Å². The van der Waals surface area contributed by atoms with Gasteiger partial charge in [0.2, 0.25) is 0 Å². The minimum absolute atomic E-state index is 0.113. The summed E-state index contributed by atoms with van der Waals surface area (Å²) in [4.78, 5) is 0. The zero-order valence-corrected chi connectivity index (χ0v) is 27.4. The summed E-state index contributed by atoms with van der Waals surface area (Å²) in [5, 5.41) is 2.47. The Balaban J connectivity index is 1.81. The first-order valence-electron chi connectivity index (χ1n) is 15.2. The molecule has 3 nitrogen and oxygen atoms in total. The number of rotatable bonds is 9. The Morgan fingerprint density at radius 3 is 1.63 bits per heavy atom. The Kier molecular flexibility index (Phi) is 9.28. The zero-order valence-electron chi connectivity index (χ0n) is 23.7. The maximum atomic E-state index is 7.46. The molecule has 4 unspecified atom stereocenters. The summed E-state index contributed by atoms with van der Waals surface area (Å²) in [6, 6.07) is 22.8. The highest BCUT2D eigenvalue weighted by atomic mass is 28.3. The molecule has 6 heteroatoms. The third-order valence-electron chi connectivity index (χ3n) is 9.77. The van der Waals surface area contributed by atoms with Crippen LogP contribution in [0, 0.1) is 5.92 Å². The van der Waals surface area contributed by atoms with Gasteiger partial charge in [-0.05, 0) is 57.8 Å². The van der Waals surface area contributed by atoms with Crippen molar-refractivity contribution in [1.29, 1.82) is 0 Å². The van der Waals surface area contributed by atoms with E-state index in [0.717, 1.165) is 45.5 Å². The molecule has 38 heavy (non-hydrogen) atoms. The fourth-order valence-electron chi connectivity index (χ4n) is 8.29. The molecule has 3 heterocycles. The van der Waals surface area contributed by atoms with E-state index in [2.05, 4.69) is 86.0 Å². The van der Waals surface area contributed by atoms with Crippen molar-refractivity contribution in [2.75, 3.05) is 19.8 Å².